The predicted molar refractivity (Wildman–Crippen MR) is 157 cm³/mol. The molecule has 10 nitrogen and oxygen atoms in total. The van der Waals surface area contributed by atoms with Gasteiger partial charge in [-0.2, -0.15) is 0 Å². The molecule has 2 aromatic carbocycles. The van der Waals surface area contributed by atoms with E-state index in [1.165, 1.54) is 11.1 Å². The number of hydrogen-bond acceptors (Lipinski definition) is 4. The maximum Gasteiger partial charge on any atom is 0.0414 e. The Morgan fingerprint density at radius 1 is 0.559 bits per heavy atom. The Hall–Kier alpha value is 0.340. The standard InChI is InChI=1S/C18H20N2S4.2Na.8H2O/c21-17(22)19(13-15-7-3-1-4-8-15)11-12-20(18(23)24)14-16-9-5-2-6-10-16;;;;;;;;;;/h1-10H,11-14H2,(H,21,22)(H,23,24);;;8*1H2. The SMILES string of the molecule is O.O.O.O.O.O.S=C([S-])N(CCN(Cc1ccccc1)C(=S)[S-])Cc1ccccc1.[Na].[Na].[OH3+].[OH3+]. The maximum absolute atomic E-state index is 5.23. The van der Waals surface area contributed by atoms with E-state index in [0.717, 1.165) is 0 Å². The van der Waals surface area contributed by atoms with Crippen LogP contribution in [0.1, 0.15) is 11.1 Å². The van der Waals surface area contributed by atoms with Crippen LogP contribution in [0.3, 0.4) is 0 Å². The zero-order valence-corrected chi connectivity index (χ0v) is 26.6. The average Bonchev–Trinajstić information content (AvgIpc) is 2.58. The van der Waals surface area contributed by atoms with Crippen molar-refractivity contribution in [1.82, 2.24) is 9.80 Å². The molecule has 0 aliphatic heterocycles. The Labute approximate surface area is 266 Å². The van der Waals surface area contributed by atoms with Gasteiger partial charge in [-0.1, -0.05) is 69.3 Å². The fourth-order valence-corrected chi connectivity index (χ4v) is 2.94. The first-order valence-corrected chi connectivity index (χ1v) is 9.19. The molecule has 0 amide bonds. The van der Waals surface area contributed by atoms with Crippen molar-refractivity contribution >= 4 is 117 Å². The van der Waals surface area contributed by atoms with E-state index in [1.54, 1.807) is 0 Å². The number of rotatable bonds is 7. The van der Waals surface area contributed by atoms with Crippen molar-refractivity contribution in [2.45, 2.75) is 13.1 Å². The van der Waals surface area contributed by atoms with Crippen molar-refractivity contribution in [3.05, 3.63) is 71.8 Å². The van der Waals surface area contributed by atoms with E-state index in [-0.39, 0.29) is 103 Å². The number of hydrogen-bond donors (Lipinski definition) is 0. The second-order valence-electron chi connectivity index (χ2n) is 5.35. The summed E-state index contributed by atoms with van der Waals surface area (Å²) in [5.41, 5.74) is 2.36. The van der Waals surface area contributed by atoms with Crippen LogP contribution < -0.4 is 0 Å². The van der Waals surface area contributed by atoms with Gasteiger partial charge in [-0.15, -0.1) is 0 Å². The minimum Gasteiger partial charge on any atom is -0.457 e. The quantitative estimate of drug-likeness (QED) is 0.136. The van der Waals surface area contributed by atoms with Crippen molar-refractivity contribution in [2.75, 3.05) is 13.1 Å². The van der Waals surface area contributed by atoms with Gasteiger partial charge in [-0.25, -0.2) is 0 Å². The summed E-state index contributed by atoms with van der Waals surface area (Å²) in [6.45, 7) is 2.79. The van der Waals surface area contributed by atoms with Gasteiger partial charge in [0.05, 0.1) is 0 Å². The largest absolute Gasteiger partial charge is 0.457 e. The summed E-state index contributed by atoms with van der Waals surface area (Å²) in [4.78, 5) is 4.01. The molecule has 0 atom stereocenters. The summed E-state index contributed by atoms with van der Waals surface area (Å²) in [6, 6.07) is 20.3. The summed E-state index contributed by atoms with van der Waals surface area (Å²) < 4.78 is 0.933. The Morgan fingerprint density at radius 2 is 0.794 bits per heavy atom. The Balaban J connectivity index is -0.0000000893. The monoisotopic (exact) mass is 582 g/mol. The van der Waals surface area contributed by atoms with Crippen molar-refractivity contribution in [3.8, 4) is 0 Å². The maximum atomic E-state index is 5.23. The van der Waals surface area contributed by atoms with Crippen LogP contribution >= 0.6 is 24.4 Å². The van der Waals surface area contributed by atoms with Crippen LogP contribution in [0.4, 0.5) is 0 Å². The first-order valence-electron chi connectivity index (χ1n) is 7.56. The first kappa shape index (κ1) is 59.4. The Kier molecular flexibility index (Phi) is 58.3. The van der Waals surface area contributed by atoms with E-state index in [4.69, 9.17) is 49.7 Å². The topological polar surface area (TPSA) is 261 Å². The van der Waals surface area contributed by atoms with E-state index in [1.807, 2.05) is 46.2 Å². The molecule has 0 saturated carbocycles. The van der Waals surface area contributed by atoms with E-state index < -0.39 is 0 Å². The van der Waals surface area contributed by atoms with Gasteiger partial charge >= 0.3 is 0 Å². The van der Waals surface area contributed by atoms with Crippen molar-refractivity contribution in [1.29, 1.82) is 0 Å². The molecule has 0 spiro atoms. The van der Waals surface area contributed by atoms with Gasteiger partial charge in [-0.05, 0) is 11.1 Å². The number of nitrogens with zero attached hydrogens (tertiary/aromatic N) is 2. The molecule has 0 saturated heterocycles. The smallest absolute Gasteiger partial charge is 0.0414 e. The molecule has 0 fully saturated rings. The third-order valence-electron chi connectivity index (χ3n) is 3.59. The van der Waals surface area contributed by atoms with Crippen molar-refractivity contribution in [2.24, 2.45) is 0 Å². The second-order valence-corrected chi connectivity index (χ2v) is 7.41. The van der Waals surface area contributed by atoms with Crippen LogP contribution in [0.15, 0.2) is 60.7 Å². The van der Waals surface area contributed by atoms with Crippen LogP contribution in [-0.2, 0) is 49.3 Å². The fraction of sp³-hybridized carbons (Fsp3) is 0.222. The van der Waals surface area contributed by atoms with Crippen LogP contribution in [0.2, 0.25) is 0 Å². The predicted octanol–water partition coefficient (Wildman–Crippen LogP) is -3.90. The number of thiocarbonyl (C=S) groups is 2. The van der Waals surface area contributed by atoms with Crippen LogP contribution in [-0.4, -0.2) is 124 Å². The molecule has 0 unspecified atom stereocenters. The Morgan fingerprint density at radius 3 is 1.00 bits per heavy atom. The molecule has 0 aromatic heterocycles. The second kappa shape index (κ2) is 33.3. The van der Waals surface area contributed by atoms with E-state index in [0.29, 0.717) is 34.8 Å². The van der Waals surface area contributed by atoms with E-state index >= 15 is 0 Å². The Bertz CT molecular complexity index is 639. The van der Waals surface area contributed by atoms with Gasteiger partial charge in [0.1, 0.15) is 0 Å². The molecule has 2 radical (unpaired) electrons. The van der Waals surface area contributed by atoms with Gasteiger partial charge in [0.25, 0.3) is 0 Å². The van der Waals surface area contributed by atoms with Crippen molar-refractivity contribution in [3.63, 3.8) is 0 Å². The molecular weight excluding hydrogens is 546 g/mol. The minimum atomic E-state index is 0. The molecule has 0 bridgehead atoms. The molecule has 0 aliphatic carbocycles. The molecule has 18 N–H and O–H groups in total. The van der Waals surface area contributed by atoms with Gasteiger partial charge in [0, 0.05) is 85.3 Å². The molecular formula is C18H36N2Na2O8S4. The minimum absolute atomic E-state index is 0. The number of benzene rings is 2. The zero-order chi connectivity index (χ0) is 17.4. The summed E-state index contributed by atoms with van der Waals surface area (Å²) in [5.74, 6) is 0. The van der Waals surface area contributed by atoms with Crippen LogP contribution in [0.25, 0.3) is 0 Å². The molecule has 0 heterocycles. The van der Waals surface area contributed by atoms with Gasteiger partial charge in [-0.3, -0.25) is 0 Å². The van der Waals surface area contributed by atoms with E-state index in [2.05, 4.69) is 24.3 Å². The molecule has 34 heavy (non-hydrogen) atoms. The first-order chi connectivity index (χ1) is 11.6. The van der Waals surface area contributed by atoms with E-state index in [9.17, 15) is 0 Å². The molecule has 192 valence electrons. The molecule has 16 heteroatoms. The summed E-state index contributed by atoms with van der Waals surface area (Å²) >= 11 is 20.9. The van der Waals surface area contributed by atoms with Gasteiger partial charge in [0.15, 0.2) is 0 Å². The summed E-state index contributed by atoms with van der Waals surface area (Å²) in [5, 5.41) is 0. The third-order valence-corrected chi connectivity index (χ3v) is 4.62. The molecule has 2 rings (SSSR count). The van der Waals surface area contributed by atoms with Crippen molar-refractivity contribution < 1.29 is 43.8 Å². The van der Waals surface area contributed by atoms with Gasteiger partial charge < -0.3 is 103 Å². The summed E-state index contributed by atoms with van der Waals surface area (Å²) in [7, 11) is 0. The molecule has 2 aromatic rings. The normalized spacial score (nSPS) is 7.18. The molecule has 0 aliphatic rings. The summed E-state index contributed by atoms with van der Waals surface area (Å²) in [6.07, 6.45) is 0. The third kappa shape index (κ3) is 22.8. The van der Waals surface area contributed by atoms with Crippen LogP contribution in [0, 0.1) is 0 Å². The van der Waals surface area contributed by atoms with Crippen LogP contribution in [0.5, 0.6) is 0 Å². The fourth-order valence-electron chi connectivity index (χ4n) is 2.32. The zero-order valence-electron chi connectivity index (χ0n) is 19.3. The van der Waals surface area contributed by atoms with Gasteiger partial charge in [0.2, 0.25) is 0 Å². The average molecular weight is 583 g/mol.